The molecule has 1 amide bonds. The second kappa shape index (κ2) is 6.89. The summed E-state index contributed by atoms with van der Waals surface area (Å²) in [4.78, 5) is 14.8. The van der Waals surface area contributed by atoms with Crippen LogP contribution in [0.1, 0.15) is 54.9 Å². The van der Waals surface area contributed by atoms with Gasteiger partial charge in [0.2, 0.25) is 0 Å². The summed E-state index contributed by atoms with van der Waals surface area (Å²) in [7, 11) is 0. The summed E-state index contributed by atoms with van der Waals surface area (Å²) in [5.41, 5.74) is 7.96. The van der Waals surface area contributed by atoms with Crippen molar-refractivity contribution < 1.29 is 4.79 Å². The van der Waals surface area contributed by atoms with E-state index in [1.54, 1.807) is 0 Å². The first-order valence-corrected chi connectivity index (χ1v) is 7.75. The molecule has 0 saturated heterocycles. The number of hydrogen-bond acceptors (Lipinski definition) is 2. The lowest BCUT2D eigenvalue weighted by molar-refractivity contribution is 0.0626. The minimum atomic E-state index is 0.173. The average molecular weight is 274 g/mol. The maximum Gasteiger partial charge on any atom is 0.254 e. The molecular formula is C17H26N2O. The first-order chi connectivity index (χ1) is 9.61. The molecule has 1 aliphatic carbocycles. The molecule has 0 atom stereocenters. The van der Waals surface area contributed by atoms with Crippen molar-refractivity contribution in [3.63, 3.8) is 0 Å². The predicted octanol–water partition coefficient (Wildman–Crippen LogP) is 3.12. The molecule has 1 aromatic rings. The minimum Gasteiger partial charge on any atom is -0.336 e. The molecule has 1 fully saturated rings. The predicted molar refractivity (Wildman–Crippen MR) is 82.7 cm³/mol. The quantitative estimate of drug-likeness (QED) is 0.917. The Bertz CT molecular complexity index is 433. The van der Waals surface area contributed by atoms with Gasteiger partial charge in [-0.3, -0.25) is 4.79 Å². The molecule has 20 heavy (non-hydrogen) atoms. The molecule has 2 N–H and O–H groups in total. The zero-order valence-electron chi connectivity index (χ0n) is 12.6. The average Bonchev–Trinajstić information content (AvgIpc) is 2.46. The number of amides is 1. The fraction of sp³-hybridized carbons (Fsp3) is 0.588. The Morgan fingerprint density at radius 2 is 1.80 bits per heavy atom. The van der Waals surface area contributed by atoms with E-state index in [1.807, 2.05) is 31.2 Å². The third kappa shape index (κ3) is 3.60. The Morgan fingerprint density at radius 1 is 1.20 bits per heavy atom. The van der Waals surface area contributed by atoms with Crippen LogP contribution in [0.25, 0.3) is 0 Å². The molecule has 2 rings (SSSR count). The molecule has 0 bridgehead atoms. The van der Waals surface area contributed by atoms with Gasteiger partial charge in [0.25, 0.3) is 5.91 Å². The van der Waals surface area contributed by atoms with Gasteiger partial charge in [0.15, 0.2) is 0 Å². The van der Waals surface area contributed by atoms with Crippen molar-refractivity contribution >= 4 is 5.91 Å². The number of carbonyl (C=O) groups excluding carboxylic acids is 1. The van der Waals surface area contributed by atoms with Gasteiger partial charge in [-0.05, 0) is 51.2 Å². The highest BCUT2D eigenvalue weighted by atomic mass is 16.2. The van der Waals surface area contributed by atoms with E-state index in [-0.39, 0.29) is 5.91 Å². The third-order valence-corrected chi connectivity index (χ3v) is 4.21. The van der Waals surface area contributed by atoms with E-state index in [4.69, 9.17) is 5.73 Å². The number of nitrogens with zero attached hydrogens (tertiary/aromatic N) is 1. The van der Waals surface area contributed by atoms with E-state index >= 15 is 0 Å². The summed E-state index contributed by atoms with van der Waals surface area (Å²) in [6.07, 6.45) is 5.15. The van der Waals surface area contributed by atoms with Crippen LogP contribution in [0.2, 0.25) is 0 Å². The lowest BCUT2D eigenvalue weighted by Gasteiger charge is -2.36. The zero-order chi connectivity index (χ0) is 14.5. The lowest BCUT2D eigenvalue weighted by atomic mass is 9.90. The number of aryl methyl sites for hydroxylation is 1. The van der Waals surface area contributed by atoms with Crippen LogP contribution in [0.4, 0.5) is 0 Å². The van der Waals surface area contributed by atoms with Gasteiger partial charge in [-0.2, -0.15) is 0 Å². The topological polar surface area (TPSA) is 46.3 Å². The zero-order valence-corrected chi connectivity index (χ0v) is 12.6. The molecule has 1 saturated carbocycles. The third-order valence-electron chi connectivity index (χ3n) is 4.21. The smallest absolute Gasteiger partial charge is 0.254 e. The van der Waals surface area contributed by atoms with Crippen molar-refractivity contribution in [3.8, 4) is 0 Å². The van der Waals surface area contributed by atoms with Gasteiger partial charge in [-0.15, -0.1) is 0 Å². The molecule has 0 aromatic heterocycles. The summed E-state index contributed by atoms with van der Waals surface area (Å²) >= 11 is 0. The standard InChI is InChI=1S/C17H26N2O/c1-3-12-19(16-10-8-15(18)9-11-16)17(20)14-6-4-13(2)5-7-14/h4-7,15-16H,3,8-12,18H2,1-2H3. The number of nitrogens with two attached hydrogens (primary N) is 1. The Morgan fingerprint density at radius 3 is 2.35 bits per heavy atom. The summed E-state index contributed by atoms with van der Waals surface area (Å²) in [6, 6.07) is 8.58. The van der Waals surface area contributed by atoms with E-state index in [2.05, 4.69) is 11.8 Å². The summed E-state index contributed by atoms with van der Waals surface area (Å²) < 4.78 is 0. The lowest BCUT2D eigenvalue weighted by Crippen LogP contribution is -2.44. The van der Waals surface area contributed by atoms with Gasteiger partial charge >= 0.3 is 0 Å². The van der Waals surface area contributed by atoms with E-state index < -0.39 is 0 Å². The minimum absolute atomic E-state index is 0.173. The van der Waals surface area contributed by atoms with Crippen molar-refractivity contribution in [1.29, 1.82) is 0 Å². The highest BCUT2D eigenvalue weighted by Crippen LogP contribution is 2.24. The van der Waals surface area contributed by atoms with Gasteiger partial charge in [0, 0.05) is 24.2 Å². The van der Waals surface area contributed by atoms with Crippen molar-refractivity contribution in [1.82, 2.24) is 4.90 Å². The molecular weight excluding hydrogens is 248 g/mol. The number of benzene rings is 1. The Labute approximate surface area is 122 Å². The molecule has 0 spiro atoms. The Kier molecular flexibility index (Phi) is 5.18. The van der Waals surface area contributed by atoms with E-state index in [0.29, 0.717) is 12.1 Å². The van der Waals surface area contributed by atoms with Crippen LogP contribution in [0, 0.1) is 6.92 Å². The number of hydrogen-bond donors (Lipinski definition) is 1. The highest BCUT2D eigenvalue weighted by Gasteiger charge is 2.27. The SMILES string of the molecule is CCCN(C(=O)c1ccc(C)cc1)C1CCC(N)CC1. The molecule has 0 heterocycles. The van der Waals surface area contributed by atoms with Crippen molar-refractivity contribution in [2.45, 2.75) is 58.0 Å². The van der Waals surface area contributed by atoms with Crippen molar-refractivity contribution in [3.05, 3.63) is 35.4 Å². The van der Waals surface area contributed by atoms with Crippen LogP contribution in [-0.4, -0.2) is 29.4 Å². The summed E-state index contributed by atoms with van der Waals surface area (Å²) in [6.45, 7) is 5.01. The molecule has 0 unspecified atom stereocenters. The van der Waals surface area contributed by atoms with Gasteiger partial charge in [0.1, 0.15) is 0 Å². The fourth-order valence-corrected chi connectivity index (χ4v) is 2.97. The van der Waals surface area contributed by atoms with Crippen LogP contribution in [-0.2, 0) is 0 Å². The second-order valence-corrected chi connectivity index (χ2v) is 5.93. The van der Waals surface area contributed by atoms with E-state index in [0.717, 1.165) is 44.2 Å². The second-order valence-electron chi connectivity index (χ2n) is 5.93. The fourth-order valence-electron chi connectivity index (χ4n) is 2.97. The molecule has 3 nitrogen and oxygen atoms in total. The first-order valence-electron chi connectivity index (χ1n) is 7.75. The first kappa shape index (κ1) is 15.0. The molecule has 110 valence electrons. The maximum atomic E-state index is 12.7. The normalized spacial score (nSPS) is 22.6. The van der Waals surface area contributed by atoms with Crippen molar-refractivity contribution in [2.24, 2.45) is 5.73 Å². The summed E-state index contributed by atoms with van der Waals surface area (Å²) in [5, 5.41) is 0. The van der Waals surface area contributed by atoms with Crippen LogP contribution >= 0.6 is 0 Å². The molecule has 1 aromatic carbocycles. The van der Waals surface area contributed by atoms with E-state index in [9.17, 15) is 4.79 Å². The molecule has 0 radical (unpaired) electrons. The van der Waals surface area contributed by atoms with E-state index in [1.165, 1.54) is 5.56 Å². The van der Waals surface area contributed by atoms with Gasteiger partial charge in [-0.1, -0.05) is 24.6 Å². The highest BCUT2D eigenvalue weighted by molar-refractivity contribution is 5.94. The van der Waals surface area contributed by atoms with Gasteiger partial charge < -0.3 is 10.6 Å². The molecule has 1 aliphatic rings. The summed E-state index contributed by atoms with van der Waals surface area (Å²) in [5.74, 6) is 0.173. The van der Waals surface area contributed by atoms with Crippen LogP contribution in [0.5, 0.6) is 0 Å². The number of rotatable bonds is 4. The maximum absolute atomic E-state index is 12.7. The molecule has 0 aliphatic heterocycles. The van der Waals surface area contributed by atoms with Crippen molar-refractivity contribution in [2.75, 3.05) is 6.54 Å². The number of carbonyl (C=O) groups is 1. The van der Waals surface area contributed by atoms with Gasteiger partial charge in [0.05, 0.1) is 0 Å². The van der Waals surface area contributed by atoms with Crippen LogP contribution < -0.4 is 5.73 Å². The Hall–Kier alpha value is -1.35. The van der Waals surface area contributed by atoms with Crippen LogP contribution in [0.15, 0.2) is 24.3 Å². The molecule has 3 heteroatoms. The van der Waals surface area contributed by atoms with Gasteiger partial charge in [-0.25, -0.2) is 0 Å². The Balaban J connectivity index is 2.11. The monoisotopic (exact) mass is 274 g/mol. The largest absolute Gasteiger partial charge is 0.336 e. The van der Waals surface area contributed by atoms with Crippen LogP contribution in [0.3, 0.4) is 0 Å².